The minimum Gasteiger partial charge on any atom is -0.508 e. The molecule has 0 amide bonds. The molecule has 2 aromatic carbocycles. The molecule has 0 aromatic heterocycles. The van der Waals surface area contributed by atoms with Gasteiger partial charge in [-0.3, -0.25) is 9.59 Å². The summed E-state index contributed by atoms with van der Waals surface area (Å²) in [6.45, 7) is 1.69. The predicted octanol–water partition coefficient (Wildman–Crippen LogP) is 1.65. The Kier molecular flexibility index (Phi) is 2.85. The zero-order valence-electron chi connectivity index (χ0n) is 10.6. The van der Waals surface area contributed by atoms with E-state index in [4.69, 9.17) is 0 Å². The largest absolute Gasteiger partial charge is 0.508 e. The van der Waals surface area contributed by atoms with Gasteiger partial charge in [0.2, 0.25) is 10.9 Å². The van der Waals surface area contributed by atoms with Crippen molar-refractivity contribution in [2.75, 3.05) is 18.0 Å². The number of nitrogens with zero attached hydrogens (tertiary/aromatic N) is 1. The zero-order valence-corrected chi connectivity index (χ0v) is 10.6. The number of aromatic hydroxyl groups is 1. The van der Waals surface area contributed by atoms with E-state index in [0.717, 1.165) is 25.9 Å². The summed E-state index contributed by atoms with van der Waals surface area (Å²) in [6, 6.07) is 6.43. The van der Waals surface area contributed by atoms with E-state index >= 15 is 0 Å². The number of hydrogen-bond donors (Lipinski definition) is 1. The molecule has 1 heterocycles. The van der Waals surface area contributed by atoms with E-state index in [2.05, 4.69) is 0 Å². The molecule has 2 aromatic rings. The van der Waals surface area contributed by atoms with Crippen molar-refractivity contribution < 1.29 is 5.11 Å². The predicted molar refractivity (Wildman–Crippen MR) is 74.5 cm³/mol. The first-order valence-corrected chi connectivity index (χ1v) is 6.56. The standard InChI is InChI=1S/C15H15NO3/c17-11-6-4-10(5-7-11)12-13(15(19)14(12)18)16-8-2-1-3-9-16/h4-7,17H,1-3,8-9H2. The fraction of sp³-hybridized carbons (Fsp3) is 0.333. The Hall–Kier alpha value is -2.10. The zero-order chi connectivity index (χ0) is 13.4. The Bertz CT molecular complexity index is 660. The van der Waals surface area contributed by atoms with Crippen molar-refractivity contribution in [2.45, 2.75) is 19.3 Å². The van der Waals surface area contributed by atoms with Crippen LogP contribution in [-0.2, 0) is 0 Å². The van der Waals surface area contributed by atoms with Crippen LogP contribution in [-0.4, -0.2) is 18.2 Å². The molecule has 0 saturated carbocycles. The first-order chi connectivity index (χ1) is 9.18. The second-order valence-electron chi connectivity index (χ2n) is 4.98. The van der Waals surface area contributed by atoms with Crippen LogP contribution in [0, 0.1) is 0 Å². The molecular formula is C15H15NO3. The lowest BCUT2D eigenvalue weighted by atomic mass is 9.96. The second-order valence-corrected chi connectivity index (χ2v) is 4.98. The molecule has 98 valence electrons. The third-order valence-electron chi connectivity index (χ3n) is 3.71. The highest BCUT2D eigenvalue weighted by atomic mass is 16.3. The average Bonchev–Trinajstić information content (AvgIpc) is 2.46. The molecule has 0 atom stereocenters. The maximum Gasteiger partial charge on any atom is 0.250 e. The van der Waals surface area contributed by atoms with Gasteiger partial charge in [0.05, 0.1) is 5.56 Å². The van der Waals surface area contributed by atoms with E-state index in [1.807, 2.05) is 4.90 Å². The molecule has 1 fully saturated rings. The third kappa shape index (κ3) is 1.93. The SMILES string of the molecule is O=c1c(-c2ccc(O)cc2)c(N2CCCCC2)c1=O. The van der Waals surface area contributed by atoms with Crippen LogP contribution in [0.3, 0.4) is 0 Å². The van der Waals surface area contributed by atoms with E-state index in [-0.39, 0.29) is 11.2 Å². The number of phenols is 1. The van der Waals surface area contributed by atoms with Crippen LogP contribution in [0.25, 0.3) is 11.1 Å². The summed E-state index contributed by atoms with van der Waals surface area (Å²) in [5.41, 5.74) is 1.00. The lowest BCUT2D eigenvalue weighted by Gasteiger charge is -2.30. The molecule has 3 rings (SSSR count). The van der Waals surface area contributed by atoms with Crippen molar-refractivity contribution in [3.8, 4) is 16.9 Å². The highest BCUT2D eigenvalue weighted by Gasteiger charge is 2.27. The van der Waals surface area contributed by atoms with Crippen LogP contribution < -0.4 is 15.8 Å². The number of rotatable bonds is 2. The van der Waals surface area contributed by atoms with Crippen LogP contribution in [0.15, 0.2) is 33.9 Å². The van der Waals surface area contributed by atoms with Crippen molar-refractivity contribution in [1.82, 2.24) is 0 Å². The highest BCUT2D eigenvalue weighted by molar-refractivity contribution is 5.82. The number of phenolic OH excluding ortho intramolecular Hbond substituents is 1. The first kappa shape index (κ1) is 12.0. The normalized spacial score (nSPS) is 15.9. The quantitative estimate of drug-likeness (QED) is 0.831. The van der Waals surface area contributed by atoms with E-state index in [1.54, 1.807) is 12.1 Å². The Morgan fingerprint density at radius 1 is 0.895 bits per heavy atom. The van der Waals surface area contributed by atoms with Gasteiger partial charge in [0.15, 0.2) is 0 Å². The summed E-state index contributed by atoms with van der Waals surface area (Å²) in [7, 11) is 0. The van der Waals surface area contributed by atoms with Crippen LogP contribution in [0.1, 0.15) is 19.3 Å². The molecule has 0 bridgehead atoms. The number of benzene rings is 1. The molecule has 0 aliphatic carbocycles. The highest BCUT2D eigenvalue weighted by Crippen LogP contribution is 2.29. The van der Waals surface area contributed by atoms with Crippen molar-refractivity contribution in [2.24, 2.45) is 0 Å². The minimum atomic E-state index is -0.411. The Morgan fingerprint density at radius 3 is 2.16 bits per heavy atom. The number of piperidine rings is 1. The van der Waals surface area contributed by atoms with Gasteiger partial charge in [-0.2, -0.15) is 0 Å². The maximum atomic E-state index is 11.8. The summed E-state index contributed by atoms with van der Waals surface area (Å²) in [6.07, 6.45) is 3.31. The van der Waals surface area contributed by atoms with Crippen molar-refractivity contribution in [3.05, 3.63) is 44.7 Å². The van der Waals surface area contributed by atoms with Gasteiger partial charge in [0.25, 0.3) is 0 Å². The van der Waals surface area contributed by atoms with Crippen LogP contribution in [0.2, 0.25) is 0 Å². The van der Waals surface area contributed by atoms with Gasteiger partial charge in [0.1, 0.15) is 11.4 Å². The Balaban J connectivity index is 2.02. The van der Waals surface area contributed by atoms with Gasteiger partial charge in [-0.15, -0.1) is 0 Å². The van der Waals surface area contributed by atoms with Crippen molar-refractivity contribution in [3.63, 3.8) is 0 Å². The first-order valence-electron chi connectivity index (χ1n) is 6.56. The number of anilines is 1. The summed E-state index contributed by atoms with van der Waals surface area (Å²) in [5.74, 6) is 0.155. The van der Waals surface area contributed by atoms with Crippen LogP contribution >= 0.6 is 0 Å². The molecule has 1 saturated heterocycles. The fourth-order valence-electron chi connectivity index (χ4n) is 2.69. The van der Waals surface area contributed by atoms with E-state index < -0.39 is 5.43 Å². The van der Waals surface area contributed by atoms with E-state index in [0.29, 0.717) is 16.8 Å². The Morgan fingerprint density at radius 2 is 1.53 bits per heavy atom. The summed E-state index contributed by atoms with van der Waals surface area (Å²) >= 11 is 0. The van der Waals surface area contributed by atoms with Gasteiger partial charge >= 0.3 is 0 Å². The van der Waals surface area contributed by atoms with Gasteiger partial charge in [-0.05, 0) is 37.0 Å². The molecular weight excluding hydrogens is 242 g/mol. The molecule has 1 aliphatic heterocycles. The number of hydrogen-bond acceptors (Lipinski definition) is 4. The lowest BCUT2D eigenvalue weighted by Crippen LogP contribution is -2.44. The average molecular weight is 257 g/mol. The van der Waals surface area contributed by atoms with Crippen LogP contribution in [0.4, 0.5) is 5.69 Å². The molecule has 1 N–H and O–H groups in total. The fourth-order valence-corrected chi connectivity index (χ4v) is 2.69. The van der Waals surface area contributed by atoms with Gasteiger partial charge in [-0.1, -0.05) is 12.1 Å². The van der Waals surface area contributed by atoms with Gasteiger partial charge in [0, 0.05) is 13.1 Å². The minimum absolute atomic E-state index is 0.155. The smallest absolute Gasteiger partial charge is 0.250 e. The molecule has 0 radical (unpaired) electrons. The van der Waals surface area contributed by atoms with Crippen LogP contribution in [0.5, 0.6) is 5.75 Å². The van der Waals surface area contributed by atoms with Crippen molar-refractivity contribution >= 4 is 5.69 Å². The Labute approximate surface area is 110 Å². The topological polar surface area (TPSA) is 57.6 Å². The van der Waals surface area contributed by atoms with E-state index in [9.17, 15) is 14.7 Å². The van der Waals surface area contributed by atoms with Gasteiger partial charge in [-0.25, -0.2) is 0 Å². The second kappa shape index (κ2) is 4.53. The third-order valence-corrected chi connectivity index (χ3v) is 3.71. The van der Waals surface area contributed by atoms with E-state index in [1.165, 1.54) is 18.6 Å². The summed E-state index contributed by atoms with van der Waals surface area (Å²) in [4.78, 5) is 25.6. The lowest BCUT2D eigenvalue weighted by molar-refractivity contribution is 0.475. The van der Waals surface area contributed by atoms with Crippen molar-refractivity contribution in [1.29, 1.82) is 0 Å². The molecule has 19 heavy (non-hydrogen) atoms. The molecule has 0 spiro atoms. The summed E-state index contributed by atoms with van der Waals surface area (Å²) < 4.78 is 0. The van der Waals surface area contributed by atoms with Gasteiger partial charge < -0.3 is 10.0 Å². The molecule has 1 aliphatic rings. The molecule has 0 unspecified atom stereocenters. The monoisotopic (exact) mass is 257 g/mol. The molecule has 4 nitrogen and oxygen atoms in total. The summed E-state index contributed by atoms with van der Waals surface area (Å²) in [5, 5.41) is 9.28. The molecule has 4 heteroatoms. The maximum absolute atomic E-state index is 11.8.